The fourth-order valence-corrected chi connectivity index (χ4v) is 3.47. The second kappa shape index (κ2) is 5.85. The van der Waals surface area contributed by atoms with E-state index in [1.54, 1.807) is 24.3 Å². The molecular formula is C12H17N3O2S2. The van der Waals surface area contributed by atoms with Gasteiger partial charge in [0.05, 0.1) is 5.69 Å². The van der Waals surface area contributed by atoms with Crippen molar-refractivity contribution >= 4 is 33.1 Å². The lowest BCUT2D eigenvalue weighted by Crippen LogP contribution is -2.39. The first-order chi connectivity index (χ1) is 8.99. The van der Waals surface area contributed by atoms with E-state index in [9.17, 15) is 8.42 Å². The van der Waals surface area contributed by atoms with Gasteiger partial charge in [0.1, 0.15) is 4.99 Å². The summed E-state index contributed by atoms with van der Waals surface area (Å²) in [6, 6.07) is 6.80. The van der Waals surface area contributed by atoms with E-state index in [1.807, 2.05) is 0 Å². The van der Waals surface area contributed by atoms with Crippen molar-refractivity contribution in [3.8, 4) is 0 Å². The quantitative estimate of drug-likeness (QED) is 0.825. The Morgan fingerprint density at radius 3 is 2.58 bits per heavy atom. The highest BCUT2D eigenvalue weighted by atomic mass is 32.2. The van der Waals surface area contributed by atoms with Crippen LogP contribution in [0.2, 0.25) is 0 Å². The Labute approximate surface area is 119 Å². The molecule has 1 saturated heterocycles. The van der Waals surface area contributed by atoms with Gasteiger partial charge in [-0.3, -0.25) is 4.72 Å². The van der Waals surface area contributed by atoms with Crippen LogP contribution in [-0.4, -0.2) is 30.8 Å². The molecule has 0 spiro atoms. The number of nitrogens with one attached hydrogen (secondary N) is 1. The third kappa shape index (κ3) is 3.65. The number of nitrogens with zero attached hydrogens (tertiary/aromatic N) is 1. The zero-order chi connectivity index (χ0) is 13.9. The molecule has 0 radical (unpaired) electrons. The maximum absolute atomic E-state index is 12.2. The molecule has 104 valence electrons. The molecular weight excluding hydrogens is 282 g/mol. The molecule has 1 aromatic rings. The van der Waals surface area contributed by atoms with Gasteiger partial charge >= 0.3 is 10.2 Å². The van der Waals surface area contributed by atoms with E-state index in [-0.39, 0.29) is 4.99 Å². The van der Waals surface area contributed by atoms with Gasteiger partial charge in [-0.1, -0.05) is 30.8 Å². The molecule has 1 heterocycles. The topological polar surface area (TPSA) is 75.4 Å². The van der Waals surface area contributed by atoms with Crippen molar-refractivity contribution in [3.05, 3.63) is 29.8 Å². The maximum Gasteiger partial charge on any atom is 0.301 e. The molecule has 0 saturated carbocycles. The number of anilines is 1. The number of nitrogens with two attached hydrogens (primary N) is 1. The molecule has 5 nitrogen and oxygen atoms in total. The lowest BCUT2D eigenvalue weighted by molar-refractivity contribution is 0.349. The van der Waals surface area contributed by atoms with Gasteiger partial charge in [-0.15, -0.1) is 0 Å². The largest absolute Gasteiger partial charge is 0.389 e. The highest BCUT2D eigenvalue weighted by molar-refractivity contribution is 7.90. The van der Waals surface area contributed by atoms with Crippen LogP contribution in [0.5, 0.6) is 0 Å². The molecule has 19 heavy (non-hydrogen) atoms. The number of hydrogen-bond acceptors (Lipinski definition) is 3. The predicted octanol–water partition coefficient (Wildman–Crippen LogP) is 1.46. The van der Waals surface area contributed by atoms with Gasteiger partial charge in [0.15, 0.2) is 0 Å². The van der Waals surface area contributed by atoms with Crippen molar-refractivity contribution < 1.29 is 8.42 Å². The standard InChI is InChI=1S/C12H17N3O2S2/c13-12(18)10-5-4-6-11(9-10)14-19(16,17)15-7-2-1-3-8-15/h4-6,9,14H,1-3,7-8H2,(H2,13,18). The number of benzene rings is 1. The fourth-order valence-electron chi connectivity index (χ4n) is 2.05. The molecule has 1 aromatic carbocycles. The van der Waals surface area contributed by atoms with Crippen LogP contribution in [0.3, 0.4) is 0 Å². The average Bonchev–Trinajstić information content (AvgIpc) is 2.39. The molecule has 0 atom stereocenters. The Balaban J connectivity index is 2.15. The Kier molecular flexibility index (Phi) is 4.38. The monoisotopic (exact) mass is 299 g/mol. The van der Waals surface area contributed by atoms with Gasteiger partial charge in [-0.2, -0.15) is 12.7 Å². The van der Waals surface area contributed by atoms with Crippen molar-refractivity contribution in [2.45, 2.75) is 19.3 Å². The Morgan fingerprint density at radius 2 is 1.95 bits per heavy atom. The summed E-state index contributed by atoms with van der Waals surface area (Å²) in [5.41, 5.74) is 6.66. The normalized spacial score (nSPS) is 17.1. The molecule has 0 unspecified atom stereocenters. The summed E-state index contributed by atoms with van der Waals surface area (Å²) in [6.07, 6.45) is 2.91. The average molecular weight is 299 g/mol. The van der Waals surface area contributed by atoms with Gasteiger partial charge in [-0.25, -0.2) is 0 Å². The van der Waals surface area contributed by atoms with Crippen LogP contribution in [0, 0.1) is 0 Å². The van der Waals surface area contributed by atoms with E-state index in [0.717, 1.165) is 19.3 Å². The minimum absolute atomic E-state index is 0.249. The summed E-state index contributed by atoms with van der Waals surface area (Å²) >= 11 is 4.88. The van der Waals surface area contributed by atoms with Crippen molar-refractivity contribution in [3.63, 3.8) is 0 Å². The van der Waals surface area contributed by atoms with Gasteiger partial charge < -0.3 is 5.73 Å². The second-order valence-electron chi connectivity index (χ2n) is 4.51. The summed E-state index contributed by atoms with van der Waals surface area (Å²) < 4.78 is 28.4. The molecule has 3 N–H and O–H groups in total. The van der Waals surface area contributed by atoms with Crippen molar-refractivity contribution in [1.82, 2.24) is 4.31 Å². The lowest BCUT2D eigenvalue weighted by atomic mass is 10.2. The van der Waals surface area contributed by atoms with Crippen LogP contribution in [0.25, 0.3) is 0 Å². The Bertz CT molecular complexity index is 566. The van der Waals surface area contributed by atoms with Gasteiger partial charge in [0.25, 0.3) is 0 Å². The number of thiocarbonyl (C=S) groups is 1. The summed E-state index contributed by atoms with van der Waals surface area (Å²) in [7, 11) is -3.48. The third-order valence-electron chi connectivity index (χ3n) is 3.05. The second-order valence-corrected chi connectivity index (χ2v) is 6.62. The molecule has 0 aliphatic carbocycles. The van der Waals surface area contributed by atoms with Crippen LogP contribution in [-0.2, 0) is 10.2 Å². The van der Waals surface area contributed by atoms with E-state index >= 15 is 0 Å². The van der Waals surface area contributed by atoms with E-state index < -0.39 is 10.2 Å². The zero-order valence-electron chi connectivity index (χ0n) is 10.5. The van der Waals surface area contributed by atoms with Crippen LogP contribution < -0.4 is 10.5 Å². The lowest BCUT2D eigenvalue weighted by Gasteiger charge is -2.26. The van der Waals surface area contributed by atoms with Crippen LogP contribution in [0.4, 0.5) is 5.69 Å². The first-order valence-electron chi connectivity index (χ1n) is 6.17. The molecule has 0 amide bonds. The highest BCUT2D eigenvalue weighted by Crippen LogP contribution is 2.17. The van der Waals surface area contributed by atoms with E-state index in [1.165, 1.54) is 4.31 Å². The molecule has 0 aromatic heterocycles. The van der Waals surface area contributed by atoms with Crippen LogP contribution in [0.15, 0.2) is 24.3 Å². The van der Waals surface area contributed by atoms with Crippen molar-refractivity contribution in [1.29, 1.82) is 0 Å². The van der Waals surface area contributed by atoms with E-state index in [0.29, 0.717) is 24.3 Å². The maximum atomic E-state index is 12.2. The van der Waals surface area contributed by atoms with E-state index in [2.05, 4.69) is 4.72 Å². The predicted molar refractivity (Wildman–Crippen MR) is 80.3 cm³/mol. The first kappa shape index (κ1) is 14.2. The number of rotatable bonds is 4. The van der Waals surface area contributed by atoms with Gasteiger partial charge in [0.2, 0.25) is 0 Å². The minimum Gasteiger partial charge on any atom is -0.389 e. The molecule has 7 heteroatoms. The van der Waals surface area contributed by atoms with Crippen LogP contribution >= 0.6 is 12.2 Å². The number of piperidine rings is 1. The fraction of sp³-hybridized carbons (Fsp3) is 0.417. The van der Waals surface area contributed by atoms with E-state index in [4.69, 9.17) is 18.0 Å². The minimum atomic E-state index is -3.48. The van der Waals surface area contributed by atoms with Crippen LogP contribution in [0.1, 0.15) is 24.8 Å². The highest BCUT2D eigenvalue weighted by Gasteiger charge is 2.23. The summed E-state index contributed by atoms with van der Waals surface area (Å²) in [5, 5.41) is 0. The third-order valence-corrected chi connectivity index (χ3v) is 4.82. The van der Waals surface area contributed by atoms with Gasteiger partial charge in [-0.05, 0) is 25.0 Å². The number of hydrogen-bond donors (Lipinski definition) is 2. The first-order valence-corrected chi connectivity index (χ1v) is 8.01. The Hall–Kier alpha value is -1.18. The zero-order valence-corrected chi connectivity index (χ0v) is 12.1. The molecule has 1 aliphatic rings. The van der Waals surface area contributed by atoms with Crippen molar-refractivity contribution in [2.75, 3.05) is 17.8 Å². The molecule has 1 fully saturated rings. The summed E-state index contributed by atoms with van der Waals surface area (Å²) in [4.78, 5) is 0.249. The SMILES string of the molecule is NC(=S)c1cccc(NS(=O)(=O)N2CCCCC2)c1. The smallest absolute Gasteiger partial charge is 0.301 e. The molecule has 2 rings (SSSR count). The molecule has 1 aliphatic heterocycles. The Morgan fingerprint density at radius 1 is 1.26 bits per heavy atom. The molecule has 0 bridgehead atoms. The van der Waals surface area contributed by atoms with Crippen molar-refractivity contribution in [2.24, 2.45) is 5.73 Å². The van der Waals surface area contributed by atoms with Gasteiger partial charge in [0, 0.05) is 18.7 Å². The summed E-state index contributed by atoms with van der Waals surface area (Å²) in [6.45, 7) is 1.15. The summed E-state index contributed by atoms with van der Waals surface area (Å²) in [5.74, 6) is 0.